The molecule has 0 bridgehead atoms. The topological polar surface area (TPSA) is 15.3 Å². The Morgan fingerprint density at radius 1 is 1.29 bits per heavy atom. The van der Waals surface area contributed by atoms with Gasteiger partial charge in [-0.2, -0.15) is 0 Å². The fourth-order valence-corrected chi connectivity index (χ4v) is 3.48. The summed E-state index contributed by atoms with van der Waals surface area (Å²) in [6, 6.07) is 6.28. The fraction of sp³-hybridized carbons (Fsp3) is 0.647. The Bertz CT molecular complexity index is 465. The number of nitrogens with zero attached hydrogens (tertiary/aromatic N) is 1. The lowest BCUT2D eigenvalue weighted by atomic mass is 9.93. The zero-order chi connectivity index (χ0) is 15.6. The zero-order valence-corrected chi connectivity index (χ0v) is 14.9. The van der Waals surface area contributed by atoms with Crippen LogP contribution in [0.25, 0.3) is 0 Å². The van der Waals surface area contributed by atoms with Gasteiger partial charge in [0.15, 0.2) is 0 Å². The number of hydrogen-bond acceptors (Lipinski definition) is 2. The summed E-state index contributed by atoms with van der Waals surface area (Å²) >= 11 is 12.7. The summed E-state index contributed by atoms with van der Waals surface area (Å²) in [5.74, 6) is 0.703. The molecule has 1 aliphatic rings. The molecule has 0 aromatic heterocycles. The van der Waals surface area contributed by atoms with Crippen LogP contribution >= 0.6 is 23.2 Å². The van der Waals surface area contributed by atoms with Crippen molar-refractivity contribution < 1.29 is 0 Å². The predicted molar refractivity (Wildman–Crippen MR) is 92.2 cm³/mol. The zero-order valence-electron chi connectivity index (χ0n) is 13.4. The third-order valence-corrected chi connectivity index (χ3v) is 4.99. The second kappa shape index (κ2) is 6.87. The van der Waals surface area contributed by atoms with E-state index in [0.717, 1.165) is 35.2 Å². The minimum atomic E-state index is 0.107. The van der Waals surface area contributed by atoms with E-state index in [9.17, 15) is 0 Å². The van der Waals surface area contributed by atoms with E-state index in [1.807, 2.05) is 18.2 Å². The van der Waals surface area contributed by atoms with E-state index >= 15 is 0 Å². The first-order valence-electron chi connectivity index (χ1n) is 7.71. The van der Waals surface area contributed by atoms with E-state index in [2.05, 4.69) is 37.9 Å². The van der Waals surface area contributed by atoms with Crippen molar-refractivity contribution in [3.8, 4) is 0 Å². The molecule has 0 aliphatic carbocycles. The van der Waals surface area contributed by atoms with Crippen LogP contribution in [-0.4, -0.2) is 29.6 Å². The molecule has 1 unspecified atom stereocenters. The predicted octanol–water partition coefficient (Wildman–Crippen LogP) is 4.59. The molecule has 0 radical (unpaired) electrons. The Balaban J connectivity index is 2.15. The van der Waals surface area contributed by atoms with Gasteiger partial charge in [0.1, 0.15) is 0 Å². The average molecular weight is 329 g/mol. The number of rotatable bonds is 4. The molecular formula is C17H26Cl2N2. The molecule has 0 spiro atoms. The summed E-state index contributed by atoms with van der Waals surface area (Å²) in [4.78, 5) is 2.50. The number of nitrogens with one attached hydrogen (secondary N) is 1. The van der Waals surface area contributed by atoms with E-state index in [-0.39, 0.29) is 5.54 Å². The van der Waals surface area contributed by atoms with Gasteiger partial charge in [0.2, 0.25) is 0 Å². The Hall–Kier alpha value is -0.280. The number of hydrogen-bond donors (Lipinski definition) is 1. The molecule has 1 atom stereocenters. The Labute approximate surface area is 138 Å². The maximum Gasteiger partial charge on any atom is 0.0465 e. The first-order valence-corrected chi connectivity index (χ1v) is 8.46. The summed E-state index contributed by atoms with van der Waals surface area (Å²) in [7, 11) is 0. The van der Waals surface area contributed by atoms with Crippen LogP contribution in [0.15, 0.2) is 18.2 Å². The van der Waals surface area contributed by atoms with Gasteiger partial charge in [-0.15, -0.1) is 0 Å². The van der Waals surface area contributed by atoms with Crippen molar-refractivity contribution in [1.29, 1.82) is 0 Å². The van der Waals surface area contributed by atoms with Crippen LogP contribution in [-0.2, 0) is 6.54 Å². The van der Waals surface area contributed by atoms with Gasteiger partial charge in [0, 0.05) is 46.8 Å². The minimum absolute atomic E-state index is 0.107. The molecule has 1 saturated heterocycles. The van der Waals surface area contributed by atoms with Crippen LogP contribution in [0.2, 0.25) is 10.0 Å². The van der Waals surface area contributed by atoms with E-state index in [1.165, 1.54) is 6.42 Å². The van der Waals surface area contributed by atoms with Crippen LogP contribution in [0.5, 0.6) is 0 Å². The third kappa shape index (κ3) is 4.35. The second-order valence-electron chi connectivity index (χ2n) is 7.10. The van der Waals surface area contributed by atoms with E-state index < -0.39 is 0 Å². The summed E-state index contributed by atoms with van der Waals surface area (Å²) in [6.45, 7) is 11.9. The Morgan fingerprint density at radius 2 is 1.90 bits per heavy atom. The lowest BCUT2D eigenvalue weighted by Gasteiger charge is -2.46. The quantitative estimate of drug-likeness (QED) is 0.869. The lowest BCUT2D eigenvalue weighted by Crippen LogP contribution is -2.61. The number of benzene rings is 1. The maximum absolute atomic E-state index is 6.34. The molecule has 1 heterocycles. The van der Waals surface area contributed by atoms with Gasteiger partial charge in [-0.1, -0.05) is 43.1 Å². The second-order valence-corrected chi connectivity index (χ2v) is 7.91. The van der Waals surface area contributed by atoms with Gasteiger partial charge in [-0.25, -0.2) is 0 Å². The van der Waals surface area contributed by atoms with E-state index in [0.29, 0.717) is 12.0 Å². The molecule has 1 aromatic carbocycles. The molecule has 21 heavy (non-hydrogen) atoms. The highest BCUT2D eigenvalue weighted by Gasteiger charge is 2.34. The Morgan fingerprint density at radius 3 is 2.48 bits per heavy atom. The molecular weight excluding hydrogens is 303 g/mol. The van der Waals surface area contributed by atoms with Crippen molar-refractivity contribution >= 4 is 23.2 Å². The van der Waals surface area contributed by atoms with Crippen molar-refractivity contribution in [3.63, 3.8) is 0 Å². The molecule has 1 aromatic rings. The van der Waals surface area contributed by atoms with Crippen LogP contribution < -0.4 is 5.32 Å². The first kappa shape index (κ1) is 17.1. The third-order valence-electron chi connectivity index (χ3n) is 4.29. The van der Waals surface area contributed by atoms with Crippen LogP contribution in [0.1, 0.15) is 39.7 Å². The summed E-state index contributed by atoms with van der Waals surface area (Å²) < 4.78 is 0. The largest absolute Gasteiger partial charge is 0.311 e. The minimum Gasteiger partial charge on any atom is -0.311 e. The lowest BCUT2D eigenvalue weighted by molar-refractivity contribution is 0.0536. The molecule has 2 nitrogen and oxygen atoms in total. The first-order chi connectivity index (χ1) is 9.79. The van der Waals surface area contributed by atoms with Crippen molar-refractivity contribution in [2.75, 3.05) is 13.1 Å². The van der Waals surface area contributed by atoms with Gasteiger partial charge in [0.05, 0.1) is 0 Å². The van der Waals surface area contributed by atoms with Gasteiger partial charge >= 0.3 is 0 Å². The SMILES string of the molecule is CC(C)CC1CN(Cc2c(Cl)cccc2Cl)C(C)(C)CN1. The molecule has 2 rings (SSSR count). The molecule has 0 amide bonds. The van der Waals surface area contributed by atoms with Gasteiger partial charge < -0.3 is 5.32 Å². The molecule has 4 heteroatoms. The highest BCUT2D eigenvalue weighted by molar-refractivity contribution is 6.35. The van der Waals surface area contributed by atoms with Gasteiger partial charge in [-0.3, -0.25) is 4.90 Å². The van der Waals surface area contributed by atoms with Crippen LogP contribution in [0, 0.1) is 5.92 Å². The summed E-state index contributed by atoms with van der Waals surface area (Å²) in [6.07, 6.45) is 1.20. The smallest absolute Gasteiger partial charge is 0.0465 e. The molecule has 0 saturated carbocycles. The maximum atomic E-state index is 6.34. The van der Waals surface area contributed by atoms with Gasteiger partial charge in [-0.05, 0) is 38.3 Å². The summed E-state index contributed by atoms with van der Waals surface area (Å²) in [5.41, 5.74) is 1.15. The van der Waals surface area contributed by atoms with E-state index in [1.54, 1.807) is 0 Å². The normalized spacial score (nSPS) is 22.7. The highest BCUT2D eigenvalue weighted by atomic mass is 35.5. The van der Waals surface area contributed by atoms with Crippen molar-refractivity contribution in [2.24, 2.45) is 5.92 Å². The summed E-state index contributed by atoms with van der Waals surface area (Å²) in [5, 5.41) is 5.20. The van der Waals surface area contributed by atoms with Crippen molar-refractivity contribution in [2.45, 2.75) is 52.2 Å². The molecule has 118 valence electrons. The van der Waals surface area contributed by atoms with Crippen molar-refractivity contribution in [3.05, 3.63) is 33.8 Å². The Kier molecular flexibility index (Phi) is 5.59. The van der Waals surface area contributed by atoms with Crippen molar-refractivity contribution in [1.82, 2.24) is 10.2 Å². The monoisotopic (exact) mass is 328 g/mol. The standard InChI is InChI=1S/C17H26Cl2N2/c1-12(2)8-13-9-21(17(3,4)11-20-13)10-14-15(18)6-5-7-16(14)19/h5-7,12-13,20H,8-11H2,1-4H3. The van der Waals surface area contributed by atoms with Crippen LogP contribution in [0.4, 0.5) is 0 Å². The number of halogens is 2. The molecule has 1 N–H and O–H groups in total. The molecule has 1 aliphatic heterocycles. The fourth-order valence-electron chi connectivity index (χ4n) is 2.96. The average Bonchev–Trinajstić information content (AvgIpc) is 2.37. The number of piperazine rings is 1. The van der Waals surface area contributed by atoms with E-state index in [4.69, 9.17) is 23.2 Å². The highest BCUT2D eigenvalue weighted by Crippen LogP contribution is 2.30. The molecule has 1 fully saturated rings. The van der Waals surface area contributed by atoms with Gasteiger partial charge in [0.25, 0.3) is 0 Å². The van der Waals surface area contributed by atoms with Crippen LogP contribution in [0.3, 0.4) is 0 Å².